The fourth-order valence-corrected chi connectivity index (χ4v) is 1.84. The highest BCUT2D eigenvalue weighted by molar-refractivity contribution is 4.97. The van der Waals surface area contributed by atoms with Crippen molar-refractivity contribution in [1.29, 1.82) is 0 Å². The minimum Gasteiger partial charge on any atom is -0.395 e. The van der Waals surface area contributed by atoms with E-state index in [1.54, 1.807) is 0 Å². The van der Waals surface area contributed by atoms with E-state index in [4.69, 9.17) is 10.2 Å². The van der Waals surface area contributed by atoms with Gasteiger partial charge in [-0.1, -0.05) is 0 Å². The van der Waals surface area contributed by atoms with E-state index in [0.29, 0.717) is 0 Å². The molecule has 1 saturated carbocycles. The van der Waals surface area contributed by atoms with Crippen LogP contribution in [0.15, 0.2) is 0 Å². The van der Waals surface area contributed by atoms with Crippen molar-refractivity contribution < 1.29 is 30.6 Å². The van der Waals surface area contributed by atoms with Crippen LogP contribution in [0.2, 0.25) is 0 Å². The number of aliphatic hydroxyl groups excluding tert-OH is 6. The van der Waals surface area contributed by atoms with Crippen LogP contribution in [0.5, 0.6) is 0 Å². The van der Waals surface area contributed by atoms with Gasteiger partial charge >= 0.3 is 0 Å². The third-order valence-electron chi connectivity index (χ3n) is 2.89. The first-order valence-corrected chi connectivity index (χ1v) is 5.21. The molecule has 7 heteroatoms. The molecule has 1 aliphatic carbocycles. The van der Waals surface area contributed by atoms with Crippen LogP contribution in [0, 0.1) is 0 Å². The van der Waals surface area contributed by atoms with E-state index in [1.165, 1.54) is 0 Å². The Labute approximate surface area is 93.0 Å². The van der Waals surface area contributed by atoms with Crippen molar-refractivity contribution in [2.75, 3.05) is 13.2 Å². The molecule has 0 spiro atoms. The standard InChI is InChI=1S/C9H19NO6/c11-2-4(3-12)10-5-1-6(13)8(15)9(16)7(5)14/h4-16H,1-3H2/t5-,6-,7+,8+,9+/m1/s1. The molecule has 7 nitrogen and oxygen atoms in total. The Kier molecular flexibility index (Phi) is 5.06. The van der Waals surface area contributed by atoms with Gasteiger partial charge in [0.2, 0.25) is 0 Å². The van der Waals surface area contributed by atoms with Crippen LogP contribution < -0.4 is 5.32 Å². The Morgan fingerprint density at radius 3 is 2.00 bits per heavy atom. The van der Waals surface area contributed by atoms with E-state index in [9.17, 15) is 20.4 Å². The molecule has 0 bridgehead atoms. The Morgan fingerprint density at radius 2 is 1.50 bits per heavy atom. The molecule has 1 fully saturated rings. The van der Waals surface area contributed by atoms with Crippen molar-refractivity contribution in [3.63, 3.8) is 0 Å². The van der Waals surface area contributed by atoms with Gasteiger partial charge in [0.1, 0.15) is 12.2 Å². The maximum atomic E-state index is 9.62. The van der Waals surface area contributed by atoms with Crippen molar-refractivity contribution in [2.24, 2.45) is 0 Å². The third-order valence-corrected chi connectivity index (χ3v) is 2.89. The van der Waals surface area contributed by atoms with Gasteiger partial charge in [-0.3, -0.25) is 0 Å². The molecule has 7 N–H and O–H groups in total. The highest BCUT2D eigenvalue weighted by Crippen LogP contribution is 2.21. The molecular weight excluding hydrogens is 218 g/mol. The lowest BCUT2D eigenvalue weighted by Gasteiger charge is -2.39. The van der Waals surface area contributed by atoms with Crippen molar-refractivity contribution in [3.05, 3.63) is 0 Å². The molecule has 0 aromatic heterocycles. The summed E-state index contributed by atoms with van der Waals surface area (Å²) in [6, 6.07) is -1.31. The van der Waals surface area contributed by atoms with Gasteiger partial charge in [-0.25, -0.2) is 0 Å². The topological polar surface area (TPSA) is 133 Å². The van der Waals surface area contributed by atoms with Gasteiger partial charge in [0.15, 0.2) is 0 Å². The van der Waals surface area contributed by atoms with Gasteiger partial charge in [-0.2, -0.15) is 0 Å². The Morgan fingerprint density at radius 1 is 0.938 bits per heavy atom. The second-order valence-corrected chi connectivity index (χ2v) is 4.11. The summed E-state index contributed by atoms with van der Waals surface area (Å²) in [6.45, 7) is -0.650. The Balaban J connectivity index is 2.59. The minimum atomic E-state index is -1.45. The monoisotopic (exact) mass is 237 g/mol. The van der Waals surface area contributed by atoms with E-state index in [1.807, 2.05) is 0 Å². The Hall–Kier alpha value is -0.280. The number of rotatable bonds is 4. The van der Waals surface area contributed by atoms with Gasteiger partial charge in [-0.05, 0) is 6.42 Å². The first-order chi connectivity index (χ1) is 7.51. The summed E-state index contributed by atoms with van der Waals surface area (Å²) < 4.78 is 0. The molecule has 0 amide bonds. The zero-order valence-electron chi connectivity index (χ0n) is 8.77. The second kappa shape index (κ2) is 5.87. The molecule has 0 aromatic carbocycles. The van der Waals surface area contributed by atoms with Crippen molar-refractivity contribution in [1.82, 2.24) is 5.32 Å². The SMILES string of the molecule is OCC(CO)N[C@@H]1C[C@@H](O)[C@H](O)[C@@H](O)[C@H]1O. The molecule has 0 aromatic rings. The fourth-order valence-electron chi connectivity index (χ4n) is 1.84. The average Bonchev–Trinajstić information content (AvgIpc) is 2.29. The van der Waals surface area contributed by atoms with E-state index in [0.717, 1.165) is 0 Å². The summed E-state index contributed by atoms with van der Waals surface area (Å²) in [4.78, 5) is 0. The number of nitrogens with one attached hydrogen (secondary N) is 1. The van der Waals surface area contributed by atoms with E-state index in [2.05, 4.69) is 5.32 Å². The molecule has 5 atom stereocenters. The van der Waals surface area contributed by atoms with Gasteiger partial charge < -0.3 is 36.0 Å². The van der Waals surface area contributed by atoms with Crippen LogP contribution in [0.4, 0.5) is 0 Å². The number of aliphatic hydroxyl groups is 6. The van der Waals surface area contributed by atoms with Crippen LogP contribution in [0.1, 0.15) is 6.42 Å². The molecular formula is C9H19NO6. The normalized spacial score (nSPS) is 40.3. The fraction of sp³-hybridized carbons (Fsp3) is 1.00. The summed E-state index contributed by atoms with van der Waals surface area (Å²) in [5, 5.41) is 58.1. The maximum absolute atomic E-state index is 9.62. The van der Waals surface area contributed by atoms with Crippen molar-refractivity contribution in [2.45, 2.75) is 42.9 Å². The molecule has 0 aliphatic heterocycles. The predicted octanol–water partition coefficient (Wildman–Crippen LogP) is -3.85. The molecule has 16 heavy (non-hydrogen) atoms. The lowest BCUT2D eigenvalue weighted by atomic mass is 9.85. The lowest BCUT2D eigenvalue weighted by Crippen LogP contribution is -2.62. The van der Waals surface area contributed by atoms with Crippen LogP contribution >= 0.6 is 0 Å². The molecule has 0 radical (unpaired) electrons. The van der Waals surface area contributed by atoms with Crippen LogP contribution in [-0.2, 0) is 0 Å². The largest absolute Gasteiger partial charge is 0.395 e. The maximum Gasteiger partial charge on any atom is 0.110 e. The summed E-state index contributed by atoms with van der Waals surface area (Å²) in [5.74, 6) is 0. The third kappa shape index (κ3) is 2.89. The molecule has 96 valence electrons. The molecule has 0 heterocycles. The lowest BCUT2D eigenvalue weighted by molar-refractivity contribution is -0.148. The molecule has 1 aliphatic rings. The van der Waals surface area contributed by atoms with Crippen LogP contribution in [0.25, 0.3) is 0 Å². The van der Waals surface area contributed by atoms with Gasteiger partial charge in [0, 0.05) is 6.04 Å². The summed E-state index contributed by atoms with van der Waals surface area (Å²) >= 11 is 0. The molecule has 0 unspecified atom stereocenters. The highest BCUT2D eigenvalue weighted by Gasteiger charge is 2.42. The zero-order chi connectivity index (χ0) is 12.3. The van der Waals surface area contributed by atoms with E-state index < -0.39 is 36.5 Å². The van der Waals surface area contributed by atoms with Gasteiger partial charge in [0.05, 0.1) is 31.5 Å². The van der Waals surface area contributed by atoms with Crippen LogP contribution in [0.3, 0.4) is 0 Å². The average molecular weight is 237 g/mol. The zero-order valence-corrected chi connectivity index (χ0v) is 8.77. The highest BCUT2D eigenvalue weighted by atomic mass is 16.4. The van der Waals surface area contributed by atoms with Gasteiger partial charge in [-0.15, -0.1) is 0 Å². The second-order valence-electron chi connectivity index (χ2n) is 4.11. The predicted molar refractivity (Wildman–Crippen MR) is 53.5 cm³/mol. The first-order valence-electron chi connectivity index (χ1n) is 5.21. The summed E-state index contributed by atoms with van der Waals surface area (Å²) in [7, 11) is 0. The summed E-state index contributed by atoms with van der Waals surface area (Å²) in [6.07, 6.45) is -5.18. The summed E-state index contributed by atoms with van der Waals surface area (Å²) in [5.41, 5.74) is 0. The first kappa shape index (κ1) is 13.8. The smallest absolute Gasteiger partial charge is 0.110 e. The number of hydrogen-bond donors (Lipinski definition) is 7. The number of hydrogen-bond acceptors (Lipinski definition) is 7. The van der Waals surface area contributed by atoms with E-state index in [-0.39, 0.29) is 19.6 Å². The Bertz CT molecular complexity index is 212. The molecule has 0 saturated heterocycles. The van der Waals surface area contributed by atoms with Crippen LogP contribution in [-0.4, -0.2) is 80.4 Å². The molecule has 1 rings (SSSR count). The quantitative estimate of drug-likeness (QED) is 0.266. The van der Waals surface area contributed by atoms with Crippen molar-refractivity contribution in [3.8, 4) is 0 Å². The van der Waals surface area contributed by atoms with Crippen molar-refractivity contribution >= 4 is 0 Å². The van der Waals surface area contributed by atoms with Gasteiger partial charge in [0.25, 0.3) is 0 Å². The minimum absolute atomic E-state index is 0.0376. The van der Waals surface area contributed by atoms with E-state index >= 15 is 0 Å².